The van der Waals surface area contributed by atoms with Crippen LogP contribution in [0.4, 0.5) is 0 Å². The first-order valence-corrected chi connectivity index (χ1v) is 8.16. The van der Waals surface area contributed by atoms with Crippen molar-refractivity contribution in [2.75, 3.05) is 13.1 Å². The molecule has 3 rings (SSSR count). The molecule has 0 aromatic heterocycles. The minimum Gasteiger partial charge on any atom is -0.292 e. The number of carbonyl (C=O) groups excluding carboxylic acids is 1. The lowest BCUT2D eigenvalue weighted by Crippen LogP contribution is -2.54. The molecule has 0 atom stereocenters. The molecule has 108 valence electrons. The zero-order valence-corrected chi connectivity index (χ0v) is 12.7. The van der Waals surface area contributed by atoms with Crippen LogP contribution in [0.3, 0.4) is 0 Å². The predicted molar refractivity (Wildman–Crippen MR) is 82.4 cm³/mol. The third-order valence-electron chi connectivity index (χ3n) is 4.93. The van der Waals surface area contributed by atoms with Gasteiger partial charge in [-0.3, -0.25) is 9.69 Å². The summed E-state index contributed by atoms with van der Waals surface area (Å²) in [4.78, 5) is 15.6. The molecule has 1 saturated carbocycles. The lowest BCUT2D eigenvalue weighted by molar-refractivity contribution is 0.0477. The lowest BCUT2D eigenvalue weighted by atomic mass is 9.84. The molecule has 1 aliphatic carbocycles. The number of Topliss-reactive ketones (excluding diaryl/α,β-unsaturated/α-hetero) is 1. The van der Waals surface area contributed by atoms with Crippen molar-refractivity contribution in [3.8, 4) is 0 Å². The molecule has 1 heterocycles. The van der Waals surface area contributed by atoms with Crippen molar-refractivity contribution < 1.29 is 4.79 Å². The Morgan fingerprint density at radius 1 is 1.00 bits per heavy atom. The minimum atomic E-state index is -0.272. The number of piperidine rings is 1. The van der Waals surface area contributed by atoms with Gasteiger partial charge in [-0.2, -0.15) is 0 Å². The van der Waals surface area contributed by atoms with E-state index in [-0.39, 0.29) is 11.3 Å². The number of carbonyl (C=O) groups is 1. The van der Waals surface area contributed by atoms with E-state index in [1.165, 1.54) is 19.3 Å². The fourth-order valence-corrected chi connectivity index (χ4v) is 4.09. The third-order valence-corrected chi connectivity index (χ3v) is 5.26. The standard InChI is InChI=1S/C17H22ClNO/c18-15-9-3-2-8-14(15)16(20)17(10-4-5-11-17)19-12-6-1-7-13-19/h2-3,8-9H,1,4-7,10-13H2. The molecule has 1 aromatic carbocycles. The molecule has 0 radical (unpaired) electrons. The first-order valence-electron chi connectivity index (χ1n) is 7.78. The molecular formula is C17H22ClNO. The fraction of sp³-hybridized carbons (Fsp3) is 0.588. The predicted octanol–water partition coefficient (Wildman–Crippen LogP) is 4.32. The van der Waals surface area contributed by atoms with Crippen LogP contribution in [0.25, 0.3) is 0 Å². The quantitative estimate of drug-likeness (QED) is 0.773. The third kappa shape index (κ3) is 2.40. The Labute approximate surface area is 126 Å². The smallest absolute Gasteiger partial charge is 0.184 e. The molecular weight excluding hydrogens is 270 g/mol. The van der Waals surface area contributed by atoms with Gasteiger partial charge in [0.25, 0.3) is 0 Å². The number of likely N-dealkylation sites (tertiary alicyclic amines) is 1. The molecule has 2 nitrogen and oxygen atoms in total. The minimum absolute atomic E-state index is 0.252. The Hall–Kier alpha value is -0.860. The molecule has 3 heteroatoms. The summed E-state index contributed by atoms with van der Waals surface area (Å²) in [6.07, 6.45) is 8.05. The molecule has 1 aliphatic heterocycles. The van der Waals surface area contributed by atoms with E-state index in [9.17, 15) is 4.79 Å². The molecule has 1 saturated heterocycles. The molecule has 0 bridgehead atoms. The Morgan fingerprint density at radius 3 is 2.30 bits per heavy atom. The first kappa shape index (κ1) is 14.1. The van der Waals surface area contributed by atoms with E-state index in [0.717, 1.165) is 38.8 Å². The van der Waals surface area contributed by atoms with Gasteiger partial charge in [-0.25, -0.2) is 0 Å². The van der Waals surface area contributed by atoms with Crippen molar-refractivity contribution in [2.24, 2.45) is 0 Å². The van der Waals surface area contributed by atoms with E-state index in [1.807, 2.05) is 24.3 Å². The van der Waals surface area contributed by atoms with E-state index in [0.29, 0.717) is 10.6 Å². The van der Waals surface area contributed by atoms with Crippen molar-refractivity contribution in [1.82, 2.24) is 4.90 Å². The molecule has 0 unspecified atom stereocenters. The summed E-state index contributed by atoms with van der Waals surface area (Å²) in [5, 5.41) is 0.598. The molecule has 20 heavy (non-hydrogen) atoms. The van der Waals surface area contributed by atoms with Gasteiger partial charge >= 0.3 is 0 Å². The summed E-state index contributed by atoms with van der Waals surface area (Å²) in [6, 6.07) is 7.52. The van der Waals surface area contributed by atoms with Crippen LogP contribution in [0.15, 0.2) is 24.3 Å². The monoisotopic (exact) mass is 291 g/mol. The number of benzene rings is 1. The molecule has 1 aromatic rings. The summed E-state index contributed by atoms with van der Waals surface area (Å²) in [5.41, 5.74) is 0.437. The molecule has 2 aliphatic rings. The van der Waals surface area contributed by atoms with Gasteiger partial charge in [-0.15, -0.1) is 0 Å². The second-order valence-corrected chi connectivity index (χ2v) is 6.50. The van der Waals surface area contributed by atoms with Gasteiger partial charge in [0, 0.05) is 5.56 Å². The van der Waals surface area contributed by atoms with E-state index in [4.69, 9.17) is 11.6 Å². The highest BCUT2D eigenvalue weighted by Gasteiger charge is 2.46. The van der Waals surface area contributed by atoms with Crippen LogP contribution < -0.4 is 0 Å². The number of hydrogen-bond donors (Lipinski definition) is 0. The highest BCUT2D eigenvalue weighted by atomic mass is 35.5. The summed E-state index contributed by atoms with van der Waals surface area (Å²) in [7, 11) is 0. The Morgan fingerprint density at radius 2 is 1.65 bits per heavy atom. The maximum absolute atomic E-state index is 13.2. The number of hydrogen-bond acceptors (Lipinski definition) is 2. The number of nitrogens with zero attached hydrogens (tertiary/aromatic N) is 1. The summed E-state index contributed by atoms with van der Waals surface area (Å²) < 4.78 is 0. The van der Waals surface area contributed by atoms with Crippen LogP contribution in [0.1, 0.15) is 55.3 Å². The summed E-state index contributed by atoms with van der Waals surface area (Å²) >= 11 is 6.26. The molecule has 2 fully saturated rings. The van der Waals surface area contributed by atoms with Gasteiger partial charge < -0.3 is 0 Å². The van der Waals surface area contributed by atoms with Gasteiger partial charge in [0.1, 0.15) is 0 Å². The maximum atomic E-state index is 13.2. The average molecular weight is 292 g/mol. The SMILES string of the molecule is O=C(c1ccccc1Cl)C1(N2CCCCC2)CCCC1. The van der Waals surface area contributed by atoms with Gasteiger partial charge in [-0.1, -0.05) is 43.0 Å². The molecule has 0 amide bonds. The normalized spacial score (nSPS) is 22.9. The topological polar surface area (TPSA) is 20.3 Å². The maximum Gasteiger partial charge on any atom is 0.184 e. The van der Waals surface area contributed by atoms with Crippen molar-refractivity contribution in [3.63, 3.8) is 0 Å². The van der Waals surface area contributed by atoms with Crippen LogP contribution in [-0.2, 0) is 0 Å². The Kier molecular flexibility index (Phi) is 4.13. The van der Waals surface area contributed by atoms with Crippen molar-refractivity contribution in [3.05, 3.63) is 34.9 Å². The van der Waals surface area contributed by atoms with Crippen molar-refractivity contribution in [2.45, 2.75) is 50.5 Å². The first-order chi connectivity index (χ1) is 9.74. The second kappa shape index (κ2) is 5.87. The van der Waals surface area contributed by atoms with Crippen LogP contribution in [-0.4, -0.2) is 29.3 Å². The largest absolute Gasteiger partial charge is 0.292 e. The summed E-state index contributed by atoms with van der Waals surface area (Å²) in [5.74, 6) is 0.252. The average Bonchev–Trinajstić information content (AvgIpc) is 2.99. The fourth-order valence-electron chi connectivity index (χ4n) is 3.86. The van der Waals surface area contributed by atoms with Gasteiger partial charge in [-0.05, 0) is 50.9 Å². The molecule has 0 N–H and O–H groups in total. The molecule has 0 spiro atoms. The number of halogens is 1. The van der Waals surface area contributed by atoms with Crippen LogP contribution in [0.2, 0.25) is 5.02 Å². The van der Waals surface area contributed by atoms with Crippen LogP contribution in [0.5, 0.6) is 0 Å². The Balaban J connectivity index is 1.94. The second-order valence-electron chi connectivity index (χ2n) is 6.10. The van der Waals surface area contributed by atoms with Gasteiger partial charge in [0.05, 0.1) is 10.6 Å². The van der Waals surface area contributed by atoms with E-state index in [2.05, 4.69) is 4.90 Å². The van der Waals surface area contributed by atoms with E-state index < -0.39 is 0 Å². The highest BCUT2D eigenvalue weighted by Crippen LogP contribution is 2.40. The van der Waals surface area contributed by atoms with Crippen LogP contribution >= 0.6 is 11.6 Å². The van der Waals surface area contributed by atoms with Crippen LogP contribution in [0, 0.1) is 0 Å². The number of rotatable bonds is 3. The van der Waals surface area contributed by atoms with Crippen molar-refractivity contribution in [1.29, 1.82) is 0 Å². The van der Waals surface area contributed by atoms with Gasteiger partial charge in [0.2, 0.25) is 0 Å². The van der Waals surface area contributed by atoms with Crippen molar-refractivity contribution >= 4 is 17.4 Å². The van der Waals surface area contributed by atoms with E-state index in [1.54, 1.807) is 0 Å². The summed E-state index contributed by atoms with van der Waals surface area (Å²) in [6.45, 7) is 2.13. The lowest BCUT2D eigenvalue weighted by Gasteiger charge is -2.42. The zero-order chi connectivity index (χ0) is 14.0. The highest BCUT2D eigenvalue weighted by molar-refractivity contribution is 6.34. The van der Waals surface area contributed by atoms with E-state index >= 15 is 0 Å². The Bertz CT molecular complexity index is 488. The van der Waals surface area contributed by atoms with Gasteiger partial charge in [0.15, 0.2) is 5.78 Å². The zero-order valence-electron chi connectivity index (χ0n) is 11.9. The number of ketones is 1.